The molecule has 2 rings (SSSR count). The van der Waals surface area contributed by atoms with Crippen molar-refractivity contribution in [1.82, 2.24) is 9.62 Å². The summed E-state index contributed by atoms with van der Waals surface area (Å²) in [6.07, 6.45) is 1.40. The van der Waals surface area contributed by atoms with E-state index in [1.807, 2.05) is 19.2 Å². The zero-order valence-corrected chi connectivity index (χ0v) is 21.9. The molecular weight excluding hydrogens is 503 g/mol. The van der Waals surface area contributed by atoms with Gasteiger partial charge in [-0.3, -0.25) is 4.79 Å². The van der Waals surface area contributed by atoms with Crippen LogP contribution in [0.1, 0.15) is 44.2 Å². The number of carboxylic acids is 1. The van der Waals surface area contributed by atoms with Crippen molar-refractivity contribution in [2.75, 3.05) is 20.1 Å². The molecule has 1 aromatic carbocycles. The number of rotatable bonds is 14. The second-order valence-electron chi connectivity index (χ2n) is 8.96. The zero-order valence-electron chi connectivity index (χ0n) is 19.6. The highest BCUT2D eigenvalue weighted by Crippen LogP contribution is 2.30. The standard InChI is InChI=1S/C23H32ClFN2O5S2/c1-23(2,9-4-5-16-8-10-33-15-16)26-13-19(28)14-27(3)34(31,32)20-12-18(25)11-17(22(20)24)6-7-21(29)30/h8,10-12,15,19,26,28H,4-7,9,13-14H2,1-3H3,(H,29,30). The van der Waals surface area contributed by atoms with E-state index in [-0.39, 0.29) is 42.1 Å². The maximum Gasteiger partial charge on any atom is 0.303 e. The lowest BCUT2D eigenvalue weighted by Gasteiger charge is -2.29. The van der Waals surface area contributed by atoms with Crippen LogP contribution in [0.2, 0.25) is 5.02 Å². The van der Waals surface area contributed by atoms with Crippen molar-refractivity contribution < 1.29 is 27.8 Å². The lowest BCUT2D eigenvalue weighted by atomic mass is 9.96. The van der Waals surface area contributed by atoms with E-state index < -0.39 is 32.8 Å². The molecular formula is C23H32ClFN2O5S2. The van der Waals surface area contributed by atoms with Gasteiger partial charge in [0.1, 0.15) is 10.7 Å². The number of thiophene rings is 1. The first-order chi connectivity index (χ1) is 15.8. The van der Waals surface area contributed by atoms with Crippen LogP contribution in [0.5, 0.6) is 0 Å². The van der Waals surface area contributed by atoms with Gasteiger partial charge in [0.2, 0.25) is 10.0 Å². The summed E-state index contributed by atoms with van der Waals surface area (Å²) in [5.74, 6) is -1.94. The summed E-state index contributed by atoms with van der Waals surface area (Å²) in [7, 11) is -2.93. The van der Waals surface area contributed by atoms with Crippen LogP contribution in [0.3, 0.4) is 0 Å². The van der Waals surface area contributed by atoms with E-state index in [9.17, 15) is 22.7 Å². The Morgan fingerprint density at radius 3 is 2.65 bits per heavy atom. The van der Waals surface area contributed by atoms with Crippen LogP contribution in [0.15, 0.2) is 33.9 Å². The van der Waals surface area contributed by atoms with Crippen LogP contribution in [0.25, 0.3) is 0 Å². The quantitative estimate of drug-likeness (QED) is 0.339. The van der Waals surface area contributed by atoms with Crippen molar-refractivity contribution in [3.63, 3.8) is 0 Å². The Labute approximate surface area is 209 Å². The number of hydrogen-bond acceptors (Lipinski definition) is 6. The number of sulfonamides is 1. The van der Waals surface area contributed by atoms with E-state index in [4.69, 9.17) is 16.7 Å². The van der Waals surface area contributed by atoms with Gasteiger partial charge in [-0.1, -0.05) is 11.6 Å². The van der Waals surface area contributed by atoms with Gasteiger partial charge in [-0.05, 0) is 79.6 Å². The fraction of sp³-hybridized carbons (Fsp3) is 0.522. The number of carboxylic acid groups (broad SMARTS) is 1. The average molecular weight is 535 g/mol. The summed E-state index contributed by atoms with van der Waals surface area (Å²) in [6.45, 7) is 4.00. The third-order valence-corrected chi connectivity index (χ3v) is 8.65. The normalized spacial score (nSPS) is 13.4. The largest absolute Gasteiger partial charge is 0.481 e. The van der Waals surface area contributed by atoms with Gasteiger partial charge >= 0.3 is 5.97 Å². The highest BCUT2D eigenvalue weighted by molar-refractivity contribution is 7.89. The van der Waals surface area contributed by atoms with Crippen LogP contribution in [0.4, 0.5) is 4.39 Å². The van der Waals surface area contributed by atoms with E-state index in [1.54, 1.807) is 11.3 Å². The number of aliphatic hydroxyl groups excluding tert-OH is 1. The number of hydrogen-bond donors (Lipinski definition) is 3. The molecule has 1 atom stereocenters. The van der Waals surface area contributed by atoms with Gasteiger partial charge in [-0.15, -0.1) is 0 Å². The maximum atomic E-state index is 14.1. The highest BCUT2D eigenvalue weighted by Gasteiger charge is 2.28. The van der Waals surface area contributed by atoms with Crippen LogP contribution in [-0.2, 0) is 27.7 Å². The Kier molecular flexibility index (Phi) is 10.5. The Hall–Kier alpha value is -1.56. The number of halogens is 2. The molecule has 1 aromatic heterocycles. The molecule has 3 N–H and O–H groups in total. The number of likely N-dealkylation sites (N-methyl/N-ethyl adjacent to an activating group) is 1. The third-order valence-electron chi connectivity index (χ3n) is 5.51. The van der Waals surface area contributed by atoms with Crippen molar-refractivity contribution in [3.8, 4) is 0 Å². The minimum atomic E-state index is -4.21. The molecule has 0 radical (unpaired) electrons. The monoisotopic (exact) mass is 534 g/mol. The lowest BCUT2D eigenvalue weighted by molar-refractivity contribution is -0.136. The molecule has 0 aliphatic rings. The first-order valence-electron chi connectivity index (χ1n) is 10.9. The molecule has 34 heavy (non-hydrogen) atoms. The third kappa shape index (κ3) is 8.58. The molecule has 0 amide bonds. The minimum Gasteiger partial charge on any atom is -0.481 e. The summed E-state index contributed by atoms with van der Waals surface area (Å²) >= 11 is 7.86. The van der Waals surface area contributed by atoms with E-state index in [0.29, 0.717) is 0 Å². The maximum absolute atomic E-state index is 14.1. The molecule has 190 valence electrons. The van der Waals surface area contributed by atoms with Crippen molar-refractivity contribution in [2.45, 2.75) is 62.5 Å². The molecule has 0 bridgehead atoms. The smallest absolute Gasteiger partial charge is 0.303 e. The fourth-order valence-electron chi connectivity index (χ4n) is 3.51. The zero-order chi connectivity index (χ0) is 25.5. The number of aliphatic hydroxyl groups is 1. The summed E-state index contributed by atoms with van der Waals surface area (Å²) in [4.78, 5) is 10.4. The van der Waals surface area contributed by atoms with Gasteiger partial charge in [0, 0.05) is 32.1 Å². The second kappa shape index (κ2) is 12.4. The van der Waals surface area contributed by atoms with Gasteiger partial charge < -0.3 is 15.5 Å². The van der Waals surface area contributed by atoms with Crippen molar-refractivity contribution in [1.29, 1.82) is 0 Å². The predicted molar refractivity (Wildman–Crippen MR) is 133 cm³/mol. The van der Waals surface area contributed by atoms with E-state index in [0.717, 1.165) is 35.7 Å². The van der Waals surface area contributed by atoms with Gasteiger partial charge in [-0.2, -0.15) is 15.6 Å². The van der Waals surface area contributed by atoms with Gasteiger partial charge in [0.15, 0.2) is 0 Å². The van der Waals surface area contributed by atoms with Crippen LogP contribution >= 0.6 is 22.9 Å². The van der Waals surface area contributed by atoms with Gasteiger partial charge in [0.25, 0.3) is 0 Å². The molecule has 2 aromatic rings. The molecule has 0 saturated carbocycles. The van der Waals surface area contributed by atoms with Crippen LogP contribution in [0, 0.1) is 5.82 Å². The molecule has 0 fully saturated rings. The van der Waals surface area contributed by atoms with Gasteiger partial charge in [-0.25, -0.2) is 12.8 Å². The van der Waals surface area contributed by atoms with E-state index in [1.165, 1.54) is 12.6 Å². The number of carbonyl (C=O) groups is 1. The summed E-state index contributed by atoms with van der Waals surface area (Å²) in [5.41, 5.74) is 1.15. The average Bonchev–Trinajstić information content (AvgIpc) is 3.25. The fourth-order valence-corrected chi connectivity index (χ4v) is 6.03. The summed E-state index contributed by atoms with van der Waals surface area (Å²) in [5, 5.41) is 26.5. The van der Waals surface area contributed by atoms with Crippen LogP contribution < -0.4 is 5.32 Å². The Balaban J connectivity index is 1.96. The SMILES string of the molecule is CN(CC(O)CNC(C)(C)CCCc1ccsc1)S(=O)(=O)c1cc(F)cc(CCC(=O)O)c1Cl. The molecule has 7 nitrogen and oxygen atoms in total. The number of β-amino-alcohol motifs (C(OH)–C–C–N with tert-alkyl or cyclic N) is 1. The van der Waals surface area contributed by atoms with Crippen molar-refractivity contribution >= 4 is 38.9 Å². The first-order valence-corrected chi connectivity index (χ1v) is 13.7. The molecule has 0 spiro atoms. The molecule has 1 heterocycles. The predicted octanol–water partition coefficient (Wildman–Crippen LogP) is 3.93. The summed E-state index contributed by atoms with van der Waals surface area (Å²) in [6, 6.07) is 3.94. The molecule has 1 unspecified atom stereocenters. The van der Waals surface area contributed by atoms with Crippen molar-refractivity contribution in [2.24, 2.45) is 0 Å². The first kappa shape index (κ1) is 28.7. The Bertz CT molecular complexity index is 1060. The van der Waals surface area contributed by atoms with Crippen molar-refractivity contribution in [3.05, 3.63) is 50.9 Å². The molecule has 0 aliphatic carbocycles. The number of aryl methyl sites for hydroxylation is 2. The number of benzene rings is 1. The second-order valence-corrected chi connectivity index (χ2v) is 12.1. The Morgan fingerprint density at radius 2 is 2.03 bits per heavy atom. The highest BCUT2D eigenvalue weighted by atomic mass is 35.5. The van der Waals surface area contributed by atoms with Crippen LogP contribution in [-0.4, -0.2) is 60.7 Å². The van der Waals surface area contributed by atoms with E-state index in [2.05, 4.69) is 16.8 Å². The van der Waals surface area contributed by atoms with Gasteiger partial charge in [0.05, 0.1) is 11.1 Å². The number of aliphatic carboxylic acids is 1. The number of nitrogens with zero attached hydrogens (tertiary/aromatic N) is 1. The number of nitrogens with one attached hydrogen (secondary N) is 1. The molecule has 0 aliphatic heterocycles. The topological polar surface area (TPSA) is 107 Å². The summed E-state index contributed by atoms with van der Waals surface area (Å²) < 4.78 is 41.0. The molecule has 0 saturated heterocycles. The minimum absolute atomic E-state index is 0.0995. The van der Waals surface area contributed by atoms with E-state index >= 15 is 0 Å². The molecule has 11 heteroatoms. The lowest BCUT2D eigenvalue weighted by Crippen LogP contribution is -2.46. The Morgan fingerprint density at radius 1 is 1.32 bits per heavy atom.